The smallest absolute Gasteiger partial charge is 0.225 e. The first-order valence-electron chi connectivity index (χ1n) is 10.0. The van der Waals surface area contributed by atoms with Gasteiger partial charge in [0.15, 0.2) is 0 Å². The number of amides is 1. The van der Waals surface area contributed by atoms with Crippen LogP contribution in [0.5, 0.6) is 0 Å². The quantitative estimate of drug-likeness (QED) is 0.722. The van der Waals surface area contributed by atoms with Crippen LogP contribution >= 0.6 is 0 Å². The van der Waals surface area contributed by atoms with Gasteiger partial charge in [0.25, 0.3) is 0 Å². The predicted molar refractivity (Wildman–Crippen MR) is 107 cm³/mol. The largest absolute Gasteiger partial charge is 0.340 e. The van der Waals surface area contributed by atoms with Crippen LogP contribution in [0, 0.1) is 17.6 Å². The molecule has 1 fully saturated rings. The Labute approximate surface area is 166 Å². The van der Waals surface area contributed by atoms with E-state index < -0.39 is 0 Å². The highest BCUT2D eigenvalue weighted by molar-refractivity contribution is 5.78. The van der Waals surface area contributed by atoms with E-state index in [2.05, 4.69) is 11.8 Å². The molecular formula is C23H28F2N2O. The number of piperazine rings is 1. The van der Waals surface area contributed by atoms with Crippen LogP contribution in [0.15, 0.2) is 48.5 Å². The minimum atomic E-state index is -0.276. The lowest BCUT2D eigenvalue weighted by Gasteiger charge is -2.40. The van der Waals surface area contributed by atoms with E-state index in [0.717, 1.165) is 37.1 Å². The summed E-state index contributed by atoms with van der Waals surface area (Å²) in [6, 6.07) is 12.9. The summed E-state index contributed by atoms with van der Waals surface area (Å²) >= 11 is 0. The Morgan fingerprint density at radius 2 is 1.36 bits per heavy atom. The molecule has 0 N–H and O–H groups in total. The van der Waals surface area contributed by atoms with Crippen molar-refractivity contribution in [3.8, 4) is 0 Å². The molecule has 0 saturated carbocycles. The van der Waals surface area contributed by atoms with E-state index in [0.29, 0.717) is 13.1 Å². The van der Waals surface area contributed by atoms with Crippen molar-refractivity contribution >= 4 is 5.91 Å². The summed E-state index contributed by atoms with van der Waals surface area (Å²) in [6.45, 7) is 6.89. The Balaban J connectivity index is 1.77. The standard InChI is InChI=1S/C23H28F2N2O/c1-3-4-17(2)23(28)27-15-13-26(14-16-27)22(18-5-9-20(24)10-6-18)19-7-11-21(25)12-8-19/h5-12,17,22H,3-4,13-16H2,1-2H3. The van der Waals surface area contributed by atoms with Crippen molar-refractivity contribution in [1.29, 1.82) is 0 Å². The van der Waals surface area contributed by atoms with Gasteiger partial charge in [0, 0.05) is 32.1 Å². The fourth-order valence-corrected chi connectivity index (χ4v) is 3.97. The number of rotatable bonds is 6. The third kappa shape index (κ3) is 4.76. The fraction of sp³-hybridized carbons (Fsp3) is 0.435. The van der Waals surface area contributed by atoms with Crippen LogP contribution in [0.2, 0.25) is 0 Å². The highest BCUT2D eigenvalue weighted by Crippen LogP contribution is 2.30. The zero-order valence-corrected chi connectivity index (χ0v) is 16.6. The van der Waals surface area contributed by atoms with Gasteiger partial charge in [-0.2, -0.15) is 0 Å². The van der Waals surface area contributed by atoms with E-state index in [4.69, 9.17) is 0 Å². The first-order chi connectivity index (χ1) is 13.5. The second-order valence-electron chi connectivity index (χ2n) is 7.56. The molecule has 1 aliphatic heterocycles. The third-order valence-corrected chi connectivity index (χ3v) is 5.51. The number of halogens is 2. The molecule has 150 valence electrons. The number of hydrogen-bond acceptors (Lipinski definition) is 2. The Bertz CT molecular complexity index is 723. The Hall–Kier alpha value is -2.27. The molecule has 1 unspecified atom stereocenters. The molecule has 3 rings (SSSR count). The van der Waals surface area contributed by atoms with Gasteiger partial charge < -0.3 is 4.90 Å². The van der Waals surface area contributed by atoms with Gasteiger partial charge in [0.2, 0.25) is 5.91 Å². The summed E-state index contributed by atoms with van der Waals surface area (Å²) in [5.41, 5.74) is 1.93. The molecule has 28 heavy (non-hydrogen) atoms. The number of benzene rings is 2. The van der Waals surface area contributed by atoms with Crippen molar-refractivity contribution in [3.05, 3.63) is 71.3 Å². The Kier molecular flexibility index (Phi) is 6.79. The van der Waals surface area contributed by atoms with Crippen LogP contribution in [-0.4, -0.2) is 41.9 Å². The molecule has 0 spiro atoms. The normalized spacial score (nSPS) is 16.4. The molecule has 3 nitrogen and oxygen atoms in total. The molecule has 5 heteroatoms. The highest BCUT2D eigenvalue weighted by atomic mass is 19.1. The van der Waals surface area contributed by atoms with E-state index >= 15 is 0 Å². The van der Waals surface area contributed by atoms with E-state index in [9.17, 15) is 13.6 Å². The van der Waals surface area contributed by atoms with Crippen LogP contribution in [0.3, 0.4) is 0 Å². The lowest BCUT2D eigenvalue weighted by Crippen LogP contribution is -2.51. The molecule has 0 radical (unpaired) electrons. The van der Waals surface area contributed by atoms with Crippen LogP contribution in [0.4, 0.5) is 8.78 Å². The van der Waals surface area contributed by atoms with Gasteiger partial charge in [-0.1, -0.05) is 44.5 Å². The summed E-state index contributed by atoms with van der Waals surface area (Å²) in [7, 11) is 0. The topological polar surface area (TPSA) is 23.6 Å². The van der Waals surface area contributed by atoms with Gasteiger partial charge in [-0.3, -0.25) is 9.69 Å². The van der Waals surface area contributed by atoms with Gasteiger partial charge in [0.1, 0.15) is 11.6 Å². The molecule has 1 heterocycles. The molecule has 0 aromatic heterocycles. The maximum absolute atomic E-state index is 13.4. The van der Waals surface area contributed by atoms with Crippen LogP contribution in [0.1, 0.15) is 43.9 Å². The summed E-state index contributed by atoms with van der Waals surface area (Å²) in [5.74, 6) is -0.271. The van der Waals surface area contributed by atoms with Crippen molar-refractivity contribution in [2.24, 2.45) is 5.92 Å². The average molecular weight is 386 g/mol. The number of carbonyl (C=O) groups is 1. The summed E-state index contributed by atoms with van der Waals surface area (Å²) in [5, 5.41) is 0. The Morgan fingerprint density at radius 1 is 0.893 bits per heavy atom. The lowest BCUT2D eigenvalue weighted by molar-refractivity contribution is -0.137. The number of nitrogens with zero attached hydrogens (tertiary/aromatic N) is 2. The van der Waals surface area contributed by atoms with Gasteiger partial charge in [-0.05, 0) is 41.8 Å². The fourth-order valence-electron chi connectivity index (χ4n) is 3.97. The van der Waals surface area contributed by atoms with E-state index in [1.165, 1.54) is 24.3 Å². The summed E-state index contributed by atoms with van der Waals surface area (Å²) < 4.78 is 26.8. The third-order valence-electron chi connectivity index (χ3n) is 5.51. The second-order valence-corrected chi connectivity index (χ2v) is 7.56. The number of carbonyl (C=O) groups excluding carboxylic acids is 1. The van der Waals surface area contributed by atoms with Crippen molar-refractivity contribution in [1.82, 2.24) is 9.80 Å². The van der Waals surface area contributed by atoms with Gasteiger partial charge in [-0.15, -0.1) is 0 Å². The molecule has 2 aromatic rings. The van der Waals surface area contributed by atoms with Crippen molar-refractivity contribution < 1.29 is 13.6 Å². The number of hydrogen-bond donors (Lipinski definition) is 0. The molecule has 2 aromatic carbocycles. The zero-order chi connectivity index (χ0) is 20.1. The van der Waals surface area contributed by atoms with Gasteiger partial charge >= 0.3 is 0 Å². The minimum Gasteiger partial charge on any atom is -0.340 e. The molecule has 1 saturated heterocycles. The van der Waals surface area contributed by atoms with Crippen molar-refractivity contribution in [2.45, 2.75) is 32.7 Å². The first-order valence-corrected chi connectivity index (χ1v) is 10.0. The monoisotopic (exact) mass is 386 g/mol. The predicted octanol–water partition coefficient (Wildman–Crippen LogP) is 4.63. The molecule has 1 aliphatic rings. The van der Waals surface area contributed by atoms with E-state index in [-0.39, 0.29) is 29.5 Å². The Morgan fingerprint density at radius 3 is 1.79 bits per heavy atom. The van der Waals surface area contributed by atoms with Gasteiger partial charge in [0.05, 0.1) is 6.04 Å². The lowest BCUT2D eigenvalue weighted by atomic mass is 9.96. The molecular weight excluding hydrogens is 358 g/mol. The van der Waals surface area contributed by atoms with Crippen molar-refractivity contribution in [2.75, 3.05) is 26.2 Å². The maximum Gasteiger partial charge on any atom is 0.225 e. The average Bonchev–Trinajstić information content (AvgIpc) is 2.71. The van der Waals surface area contributed by atoms with E-state index in [1.807, 2.05) is 11.8 Å². The minimum absolute atomic E-state index is 0.0570. The molecule has 1 atom stereocenters. The maximum atomic E-state index is 13.4. The summed E-state index contributed by atoms with van der Waals surface area (Å²) in [6.07, 6.45) is 1.91. The van der Waals surface area contributed by atoms with Crippen LogP contribution in [0.25, 0.3) is 0 Å². The second kappa shape index (κ2) is 9.28. The molecule has 0 bridgehead atoms. The summed E-state index contributed by atoms with van der Waals surface area (Å²) in [4.78, 5) is 16.8. The van der Waals surface area contributed by atoms with Gasteiger partial charge in [-0.25, -0.2) is 8.78 Å². The SMILES string of the molecule is CCCC(C)C(=O)N1CCN(C(c2ccc(F)cc2)c2ccc(F)cc2)CC1. The van der Waals surface area contributed by atoms with Crippen molar-refractivity contribution in [3.63, 3.8) is 0 Å². The van der Waals surface area contributed by atoms with Crippen LogP contribution < -0.4 is 0 Å². The van der Waals surface area contributed by atoms with E-state index in [1.54, 1.807) is 24.3 Å². The zero-order valence-electron chi connectivity index (χ0n) is 16.6. The first kappa shape index (κ1) is 20.5. The molecule has 1 amide bonds. The molecule has 0 aliphatic carbocycles. The highest BCUT2D eigenvalue weighted by Gasteiger charge is 2.29. The van der Waals surface area contributed by atoms with Crippen LogP contribution in [-0.2, 0) is 4.79 Å².